The fraction of sp³-hybridized carbons (Fsp3) is 0.0588. The first-order chi connectivity index (χ1) is 11.1. The number of carbonyl (C=O) groups is 2. The van der Waals surface area contributed by atoms with Gasteiger partial charge in [-0.25, -0.2) is 14.0 Å². The first kappa shape index (κ1) is 16.2. The third-order valence-corrected chi connectivity index (χ3v) is 2.88. The molecule has 2 N–H and O–H groups in total. The maximum absolute atomic E-state index is 13.5. The van der Waals surface area contributed by atoms with Gasteiger partial charge in [0.1, 0.15) is 18.1 Å². The van der Waals surface area contributed by atoms with Crippen molar-refractivity contribution < 1.29 is 23.8 Å². The first-order valence-electron chi connectivity index (χ1n) is 6.73. The highest BCUT2D eigenvalue weighted by Crippen LogP contribution is 2.11. The second-order valence-electron chi connectivity index (χ2n) is 4.57. The van der Waals surface area contributed by atoms with Crippen molar-refractivity contribution in [3.05, 3.63) is 77.2 Å². The molecule has 0 spiro atoms. The second kappa shape index (κ2) is 7.74. The van der Waals surface area contributed by atoms with Crippen LogP contribution in [-0.2, 0) is 16.1 Å². The molecule has 1 amide bonds. The SMILES string of the molecule is O=C(N/C(=C/c1ccccc1F)C(=O)O)OCc1ccccc1. The summed E-state index contributed by atoms with van der Waals surface area (Å²) in [5.74, 6) is -1.99. The minimum Gasteiger partial charge on any atom is -0.477 e. The Balaban J connectivity index is 2.03. The average Bonchev–Trinajstić information content (AvgIpc) is 2.55. The zero-order chi connectivity index (χ0) is 16.7. The average molecular weight is 315 g/mol. The molecule has 0 aromatic heterocycles. The zero-order valence-electron chi connectivity index (χ0n) is 12.0. The fourth-order valence-electron chi connectivity index (χ4n) is 1.77. The van der Waals surface area contributed by atoms with Gasteiger partial charge < -0.3 is 9.84 Å². The van der Waals surface area contributed by atoms with E-state index in [2.05, 4.69) is 5.32 Å². The van der Waals surface area contributed by atoms with Gasteiger partial charge >= 0.3 is 12.1 Å². The lowest BCUT2D eigenvalue weighted by Gasteiger charge is -2.08. The number of rotatable bonds is 5. The summed E-state index contributed by atoms with van der Waals surface area (Å²) in [5.41, 5.74) is 0.332. The van der Waals surface area contributed by atoms with Crippen LogP contribution in [0.1, 0.15) is 11.1 Å². The van der Waals surface area contributed by atoms with Crippen molar-refractivity contribution >= 4 is 18.1 Å². The Bertz CT molecular complexity index is 728. The number of halogens is 1. The fourth-order valence-corrected chi connectivity index (χ4v) is 1.77. The number of hydrogen-bond acceptors (Lipinski definition) is 3. The second-order valence-corrected chi connectivity index (χ2v) is 4.57. The van der Waals surface area contributed by atoms with Crippen LogP contribution >= 0.6 is 0 Å². The van der Waals surface area contributed by atoms with Crippen molar-refractivity contribution in [3.63, 3.8) is 0 Å². The van der Waals surface area contributed by atoms with Gasteiger partial charge in [-0.15, -0.1) is 0 Å². The molecule has 2 aromatic rings. The van der Waals surface area contributed by atoms with Crippen molar-refractivity contribution in [1.82, 2.24) is 5.32 Å². The van der Waals surface area contributed by atoms with Crippen LogP contribution in [0.25, 0.3) is 6.08 Å². The number of alkyl carbamates (subject to hydrolysis) is 1. The van der Waals surface area contributed by atoms with Crippen LogP contribution in [0.4, 0.5) is 9.18 Å². The van der Waals surface area contributed by atoms with Crippen molar-refractivity contribution in [2.45, 2.75) is 6.61 Å². The number of carbonyl (C=O) groups excluding carboxylic acids is 1. The van der Waals surface area contributed by atoms with E-state index < -0.39 is 23.6 Å². The van der Waals surface area contributed by atoms with Crippen LogP contribution in [0, 0.1) is 5.82 Å². The molecule has 0 saturated carbocycles. The van der Waals surface area contributed by atoms with E-state index in [1.807, 2.05) is 6.07 Å². The number of ether oxygens (including phenoxy) is 1. The summed E-state index contributed by atoms with van der Waals surface area (Å²) in [6.45, 7) is -0.000724. The molecule has 5 nitrogen and oxygen atoms in total. The molecule has 2 rings (SSSR count). The molecule has 0 bridgehead atoms. The minimum absolute atomic E-state index is 0.000724. The lowest BCUT2D eigenvalue weighted by Crippen LogP contribution is -2.27. The van der Waals surface area contributed by atoms with E-state index in [1.54, 1.807) is 30.3 Å². The number of carboxylic acids is 1. The molecule has 0 radical (unpaired) electrons. The van der Waals surface area contributed by atoms with E-state index in [9.17, 15) is 14.0 Å². The molecule has 0 atom stereocenters. The predicted molar refractivity (Wildman–Crippen MR) is 81.8 cm³/mol. The summed E-state index contributed by atoms with van der Waals surface area (Å²) >= 11 is 0. The van der Waals surface area contributed by atoms with Crippen LogP contribution < -0.4 is 5.32 Å². The number of carboxylic acid groups (broad SMARTS) is 1. The highest BCUT2D eigenvalue weighted by atomic mass is 19.1. The summed E-state index contributed by atoms with van der Waals surface area (Å²) in [4.78, 5) is 22.8. The monoisotopic (exact) mass is 315 g/mol. The Kier molecular flexibility index (Phi) is 5.46. The lowest BCUT2D eigenvalue weighted by atomic mass is 10.2. The van der Waals surface area contributed by atoms with Gasteiger partial charge in [-0.3, -0.25) is 5.32 Å². The largest absolute Gasteiger partial charge is 0.477 e. The lowest BCUT2D eigenvalue weighted by molar-refractivity contribution is -0.132. The maximum atomic E-state index is 13.5. The van der Waals surface area contributed by atoms with E-state index in [0.29, 0.717) is 0 Å². The molecular weight excluding hydrogens is 301 g/mol. The summed E-state index contributed by atoms with van der Waals surface area (Å²) in [5, 5.41) is 11.2. The molecule has 118 valence electrons. The predicted octanol–water partition coefficient (Wildman–Crippen LogP) is 3.18. The van der Waals surface area contributed by atoms with Crippen LogP contribution in [0.15, 0.2) is 60.3 Å². The Hall–Kier alpha value is -3.15. The smallest absolute Gasteiger partial charge is 0.412 e. The number of aliphatic carboxylic acids is 1. The van der Waals surface area contributed by atoms with Crippen LogP contribution in [0.3, 0.4) is 0 Å². The van der Waals surface area contributed by atoms with Gasteiger partial charge in [0, 0.05) is 5.56 Å². The van der Waals surface area contributed by atoms with Crippen molar-refractivity contribution in [2.24, 2.45) is 0 Å². The van der Waals surface area contributed by atoms with Gasteiger partial charge in [0.2, 0.25) is 0 Å². The maximum Gasteiger partial charge on any atom is 0.412 e. The third-order valence-electron chi connectivity index (χ3n) is 2.88. The number of amides is 1. The van der Waals surface area contributed by atoms with Crippen molar-refractivity contribution in [1.29, 1.82) is 0 Å². The molecule has 0 unspecified atom stereocenters. The zero-order valence-corrected chi connectivity index (χ0v) is 12.0. The molecule has 2 aromatic carbocycles. The Morgan fingerprint density at radius 2 is 1.74 bits per heavy atom. The number of benzene rings is 2. The van der Waals surface area contributed by atoms with E-state index in [4.69, 9.17) is 9.84 Å². The van der Waals surface area contributed by atoms with E-state index >= 15 is 0 Å². The minimum atomic E-state index is -1.40. The summed E-state index contributed by atoms with van der Waals surface area (Å²) in [6, 6.07) is 14.6. The van der Waals surface area contributed by atoms with Gasteiger partial charge in [-0.1, -0.05) is 48.5 Å². The normalized spacial score (nSPS) is 10.9. The quantitative estimate of drug-likeness (QED) is 0.831. The van der Waals surface area contributed by atoms with Crippen LogP contribution in [0.2, 0.25) is 0 Å². The molecule has 0 aliphatic heterocycles. The highest BCUT2D eigenvalue weighted by molar-refractivity contribution is 5.95. The molecule has 0 aliphatic rings. The topological polar surface area (TPSA) is 75.6 Å². The van der Waals surface area contributed by atoms with Crippen molar-refractivity contribution in [2.75, 3.05) is 0 Å². The summed E-state index contributed by atoms with van der Waals surface area (Å²) in [7, 11) is 0. The summed E-state index contributed by atoms with van der Waals surface area (Å²) in [6.07, 6.45) is 0.0976. The van der Waals surface area contributed by atoms with Gasteiger partial charge in [-0.2, -0.15) is 0 Å². The van der Waals surface area contributed by atoms with Crippen LogP contribution in [-0.4, -0.2) is 17.2 Å². The highest BCUT2D eigenvalue weighted by Gasteiger charge is 2.13. The van der Waals surface area contributed by atoms with Crippen LogP contribution in [0.5, 0.6) is 0 Å². The van der Waals surface area contributed by atoms with Gasteiger partial charge in [0.25, 0.3) is 0 Å². The van der Waals surface area contributed by atoms with Gasteiger partial charge in [0.05, 0.1) is 0 Å². The molecule has 0 saturated heterocycles. The molecule has 0 fully saturated rings. The number of nitrogens with one attached hydrogen (secondary N) is 1. The molecule has 23 heavy (non-hydrogen) atoms. The van der Waals surface area contributed by atoms with E-state index in [0.717, 1.165) is 11.6 Å². The summed E-state index contributed by atoms with van der Waals surface area (Å²) < 4.78 is 18.5. The first-order valence-corrected chi connectivity index (χ1v) is 6.73. The van der Waals surface area contributed by atoms with Gasteiger partial charge in [-0.05, 0) is 17.7 Å². The van der Waals surface area contributed by atoms with E-state index in [1.165, 1.54) is 18.2 Å². The molecule has 6 heteroatoms. The third kappa shape index (κ3) is 4.96. The Labute approximate surface area is 132 Å². The molecule has 0 aliphatic carbocycles. The molecule has 0 heterocycles. The molecular formula is C17H14FNO4. The van der Waals surface area contributed by atoms with Crippen molar-refractivity contribution in [3.8, 4) is 0 Å². The van der Waals surface area contributed by atoms with E-state index in [-0.39, 0.29) is 12.2 Å². The standard InChI is InChI=1S/C17H14FNO4/c18-14-9-5-4-8-13(14)10-15(16(20)21)19-17(22)23-11-12-6-2-1-3-7-12/h1-10H,11H2,(H,19,22)(H,20,21)/b15-10+. The number of hydrogen-bond donors (Lipinski definition) is 2. The Morgan fingerprint density at radius 3 is 2.39 bits per heavy atom. The Morgan fingerprint density at radius 1 is 1.09 bits per heavy atom. The van der Waals surface area contributed by atoms with Gasteiger partial charge in [0.15, 0.2) is 0 Å².